The summed E-state index contributed by atoms with van der Waals surface area (Å²) in [7, 11) is 0. The highest BCUT2D eigenvalue weighted by Gasteiger charge is 2.51. The molecular formula is C13H22F3N3O2. The summed E-state index contributed by atoms with van der Waals surface area (Å²) in [6.45, 7) is 2.84. The fourth-order valence-corrected chi connectivity index (χ4v) is 2.96. The molecule has 2 aliphatic rings. The summed E-state index contributed by atoms with van der Waals surface area (Å²) in [4.78, 5) is 15.2. The molecule has 2 atom stereocenters. The van der Waals surface area contributed by atoms with E-state index in [1.807, 2.05) is 0 Å². The third-order valence-corrected chi connectivity index (χ3v) is 4.19. The number of hydrogen-bond acceptors (Lipinski definition) is 4. The fraction of sp³-hybridized carbons (Fsp3) is 0.923. The van der Waals surface area contributed by atoms with E-state index in [9.17, 15) is 23.1 Å². The van der Waals surface area contributed by atoms with Crippen LogP contribution in [0, 0.1) is 0 Å². The van der Waals surface area contributed by atoms with Crippen LogP contribution in [-0.4, -0.2) is 77.9 Å². The number of rotatable bonds is 3. The smallest absolute Gasteiger partial charge is 0.380 e. The third kappa shape index (κ3) is 3.87. The van der Waals surface area contributed by atoms with Crippen molar-refractivity contribution >= 4 is 5.91 Å². The number of amides is 1. The topological polar surface area (TPSA) is 55.8 Å². The van der Waals surface area contributed by atoms with E-state index in [4.69, 9.17) is 0 Å². The maximum atomic E-state index is 12.8. The Kier molecular flexibility index (Phi) is 4.79. The van der Waals surface area contributed by atoms with Crippen LogP contribution in [0.15, 0.2) is 0 Å². The lowest BCUT2D eigenvalue weighted by atomic mass is 9.99. The first-order valence-corrected chi connectivity index (χ1v) is 7.22. The lowest BCUT2D eigenvalue weighted by Gasteiger charge is -2.43. The Morgan fingerprint density at radius 1 is 1.38 bits per heavy atom. The van der Waals surface area contributed by atoms with Gasteiger partial charge < -0.3 is 15.3 Å². The number of likely N-dealkylation sites (tertiary alicyclic amines) is 1. The predicted octanol–water partition coefficient (Wildman–Crippen LogP) is 0.196. The summed E-state index contributed by atoms with van der Waals surface area (Å²) < 4.78 is 38.3. The van der Waals surface area contributed by atoms with Crippen molar-refractivity contribution in [1.29, 1.82) is 0 Å². The predicted molar refractivity (Wildman–Crippen MR) is 70.7 cm³/mol. The molecule has 2 unspecified atom stereocenters. The Labute approximate surface area is 122 Å². The maximum Gasteiger partial charge on any atom is 0.418 e. The van der Waals surface area contributed by atoms with Crippen molar-refractivity contribution in [2.45, 2.75) is 37.6 Å². The Hall–Kier alpha value is -0.860. The van der Waals surface area contributed by atoms with Crippen LogP contribution >= 0.6 is 0 Å². The Morgan fingerprint density at radius 3 is 2.71 bits per heavy atom. The van der Waals surface area contributed by atoms with Crippen LogP contribution in [0.25, 0.3) is 0 Å². The number of nitrogens with zero attached hydrogens (tertiary/aromatic N) is 2. The molecule has 1 amide bonds. The number of piperidine rings is 1. The molecule has 8 heteroatoms. The normalized spacial score (nSPS) is 28.5. The minimum atomic E-state index is -4.65. The van der Waals surface area contributed by atoms with Crippen LogP contribution in [0.1, 0.15) is 19.8 Å². The number of piperazine rings is 1. The van der Waals surface area contributed by atoms with Crippen molar-refractivity contribution in [3.63, 3.8) is 0 Å². The van der Waals surface area contributed by atoms with Crippen LogP contribution in [0.4, 0.5) is 13.2 Å². The number of nitrogens with one attached hydrogen (secondary N) is 1. The number of halogens is 3. The first-order chi connectivity index (χ1) is 9.71. The van der Waals surface area contributed by atoms with Gasteiger partial charge in [-0.3, -0.25) is 9.69 Å². The molecular weight excluding hydrogens is 287 g/mol. The van der Waals surface area contributed by atoms with Crippen LogP contribution < -0.4 is 5.32 Å². The number of carbonyl (C=O) groups excluding carboxylic acids is 1. The molecule has 0 spiro atoms. The van der Waals surface area contributed by atoms with Crippen molar-refractivity contribution in [2.24, 2.45) is 0 Å². The number of aliphatic hydroxyl groups is 1. The van der Waals surface area contributed by atoms with Crippen LogP contribution in [0.2, 0.25) is 0 Å². The van der Waals surface area contributed by atoms with Gasteiger partial charge in [-0.2, -0.15) is 13.2 Å². The molecule has 0 aromatic rings. The van der Waals surface area contributed by atoms with Gasteiger partial charge in [-0.25, -0.2) is 0 Å². The molecule has 2 saturated heterocycles. The van der Waals surface area contributed by atoms with Crippen LogP contribution in [-0.2, 0) is 4.79 Å². The van der Waals surface area contributed by atoms with E-state index in [2.05, 4.69) is 5.32 Å². The molecule has 2 aliphatic heterocycles. The average Bonchev–Trinajstić information content (AvgIpc) is 2.37. The molecule has 21 heavy (non-hydrogen) atoms. The van der Waals surface area contributed by atoms with Gasteiger partial charge in [0.15, 0.2) is 5.60 Å². The van der Waals surface area contributed by atoms with E-state index < -0.39 is 18.3 Å². The molecule has 2 rings (SSSR count). The van der Waals surface area contributed by atoms with Crippen molar-refractivity contribution in [3.05, 3.63) is 0 Å². The minimum Gasteiger partial charge on any atom is -0.380 e. The van der Waals surface area contributed by atoms with E-state index in [1.54, 1.807) is 9.80 Å². The highest BCUT2D eigenvalue weighted by Crippen LogP contribution is 2.31. The molecule has 2 N–H and O–H groups in total. The first-order valence-electron chi connectivity index (χ1n) is 7.22. The second kappa shape index (κ2) is 6.10. The fourth-order valence-electron chi connectivity index (χ4n) is 2.96. The van der Waals surface area contributed by atoms with Gasteiger partial charge in [0.2, 0.25) is 5.91 Å². The minimum absolute atomic E-state index is 0.00400. The second-order valence-electron chi connectivity index (χ2n) is 6.07. The molecule has 0 aliphatic carbocycles. The summed E-state index contributed by atoms with van der Waals surface area (Å²) in [5.41, 5.74) is -2.72. The van der Waals surface area contributed by atoms with Gasteiger partial charge in [-0.1, -0.05) is 0 Å². The van der Waals surface area contributed by atoms with Crippen molar-refractivity contribution < 1.29 is 23.1 Å². The molecule has 2 heterocycles. The van der Waals surface area contributed by atoms with Crippen LogP contribution in [0.3, 0.4) is 0 Å². The Morgan fingerprint density at radius 2 is 2.10 bits per heavy atom. The average molecular weight is 309 g/mol. The van der Waals surface area contributed by atoms with E-state index in [1.165, 1.54) is 0 Å². The standard InChI is InChI=1S/C13H22F3N3O2/c1-12(21,13(14,15)16)9-18-5-2-3-10(8-18)19-6-4-17-7-11(19)20/h10,17,21H,2-9H2,1H3. The molecule has 2 fully saturated rings. The molecule has 0 radical (unpaired) electrons. The summed E-state index contributed by atoms with van der Waals surface area (Å²) in [6.07, 6.45) is -3.11. The molecule has 5 nitrogen and oxygen atoms in total. The Balaban J connectivity index is 1.96. The summed E-state index contributed by atoms with van der Waals surface area (Å²) >= 11 is 0. The number of carbonyl (C=O) groups is 1. The van der Waals surface area contributed by atoms with Crippen LogP contribution in [0.5, 0.6) is 0 Å². The SMILES string of the molecule is CC(O)(CN1CCCC(N2CCNCC2=O)C1)C(F)(F)F. The molecule has 0 bridgehead atoms. The first kappa shape index (κ1) is 16.5. The van der Waals surface area contributed by atoms with Gasteiger partial charge in [0.05, 0.1) is 6.54 Å². The summed E-state index contributed by atoms with van der Waals surface area (Å²) in [5.74, 6) is -0.00400. The molecule has 0 aromatic heterocycles. The zero-order chi connectivity index (χ0) is 15.7. The van der Waals surface area contributed by atoms with Gasteiger partial charge >= 0.3 is 6.18 Å². The summed E-state index contributed by atoms with van der Waals surface area (Å²) in [5, 5.41) is 12.6. The maximum absolute atomic E-state index is 12.8. The zero-order valence-electron chi connectivity index (χ0n) is 12.1. The summed E-state index contributed by atoms with van der Waals surface area (Å²) in [6, 6.07) is -0.0580. The zero-order valence-corrected chi connectivity index (χ0v) is 12.1. The third-order valence-electron chi connectivity index (χ3n) is 4.19. The van der Waals surface area contributed by atoms with Gasteiger partial charge in [-0.05, 0) is 26.3 Å². The second-order valence-corrected chi connectivity index (χ2v) is 6.07. The molecule has 0 saturated carbocycles. The number of alkyl halides is 3. The molecule has 0 aromatic carbocycles. The monoisotopic (exact) mass is 309 g/mol. The van der Waals surface area contributed by atoms with Gasteiger partial charge in [0.1, 0.15) is 0 Å². The largest absolute Gasteiger partial charge is 0.418 e. The lowest BCUT2D eigenvalue weighted by molar-refractivity contribution is -0.258. The van der Waals surface area contributed by atoms with Gasteiger partial charge in [-0.15, -0.1) is 0 Å². The van der Waals surface area contributed by atoms with E-state index in [-0.39, 0.29) is 18.5 Å². The van der Waals surface area contributed by atoms with E-state index in [0.717, 1.165) is 19.8 Å². The quantitative estimate of drug-likeness (QED) is 0.782. The van der Waals surface area contributed by atoms with Crippen molar-refractivity contribution in [3.8, 4) is 0 Å². The van der Waals surface area contributed by atoms with E-state index >= 15 is 0 Å². The highest BCUT2D eigenvalue weighted by atomic mass is 19.4. The number of β-amino-alcohol motifs (C(OH)–C–C–N with tert-alkyl or cyclic N) is 1. The van der Waals surface area contributed by atoms with E-state index in [0.29, 0.717) is 26.2 Å². The highest BCUT2D eigenvalue weighted by molar-refractivity contribution is 5.79. The van der Waals surface area contributed by atoms with Gasteiger partial charge in [0.25, 0.3) is 0 Å². The lowest BCUT2D eigenvalue weighted by Crippen LogP contribution is -2.59. The van der Waals surface area contributed by atoms with Gasteiger partial charge in [0, 0.05) is 32.2 Å². The Bertz CT molecular complexity index is 387. The molecule has 122 valence electrons. The van der Waals surface area contributed by atoms with Crippen molar-refractivity contribution in [1.82, 2.24) is 15.1 Å². The number of hydrogen-bond donors (Lipinski definition) is 2. The van der Waals surface area contributed by atoms with Crippen molar-refractivity contribution in [2.75, 3.05) is 39.3 Å².